The molecule has 0 fully saturated rings. The van der Waals surface area contributed by atoms with E-state index in [0.29, 0.717) is 17.5 Å². The monoisotopic (exact) mass is 289 g/mol. The SMILES string of the molecule is CCN(CC)CCOC(=O)c1cc(=O)c2ccccc2o1. The van der Waals surface area contributed by atoms with E-state index in [-0.39, 0.29) is 17.8 Å². The van der Waals surface area contributed by atoms with E-state index in [1.807, 2.05) is 13.8 Å². The van der Waals surface area contributed by atoms with Gasteiger partial charge in [-0.3, -0.25) is 4.79 Å². The number of esters is 1. The number of carbonyl (C=O) groups is 1. The normalized spacial score (nSPS) is 11.0. The maximum Gasteiger partial charge on any atom is 0.374 e. The molecular weight excluding hydrogens is 270 g/mol. The number of fused-ring (bicyclic) bond motifs is 1. The zero-order valence-corrected chi connectivity index (χ0v) is 12.3. The number of hydrogen-bond acceptors (Lipinski definition) is 5. The van der Waals surface area contributed by atoms with E-state index in [2.05, 4.69) is 4.90 Å². The molecule has 0 saturated heterocycles. The molecule has 0 aliphatic carbocycles. The zero-order valence-electron chi connectivity index (χ0n) is 12.3. The predicted octanol–water partition coefficient (Wildman–Crippen LogP) is 2.29. The Hall–Kier alpha value is -2.14. The molecule has 1 aromatic heterocycles. The Kier molecular flexibility index (Phi) is 5.11. The Balaban J connectivity index is 2.08. The third-order valence-electron chi connectivity index (χ3n) is 3.37. The van der Waals surface area contributed by atoms with Crippen molar-refractivity contribution in [3.05, 3.63) is 46.3 Å². The Bertz CT molecular complexity index is 673. The molecular formula is C16H19NO4. The number of nitrogens with zero attached hydrogens (tertiary/aromatic N) is 1. The second kappa shape index (κ2) is 7.04. The Morgan fingerprint density at radius 1 is 1.24 bits per heavy atom. The van der Waals surface area contributed by atoms with Crippen LogP contribution in [0.3, 0.4) is 0 Å². The summed E-state index contributed by atoms with van der Waals surface area (Å²) < 4.78 is 10.6. The molecule has 112 valence electrons. The highest BCUT2D eigenvalue weighted by Gasteiger charge is 2.13. The summed E-state index contributed by atoms with van der Waals surface area (Å²) in [4.78, 5) is 26.0. The van der Waals surface area contributed by atoms with Crippen molar-refractivity contribution in [2.45, 2.75) is 13.8 Å². The third kappa shape index (κ3) is 3.70. The molecule has 0 amide bonds. The maximum atomic E-state index is 11.9. The van der Waals surface area contributed by atoms with Crippen LogP contribution < -0.4 is 5.43 Å². The number of carbonyl (C=O) groups excluding carboxylic acids is 1. The smallest absolute Gasteiger partial charge is 0.374 e. The quantitative estimate of drug-likeness (QED) is 0.764. The van der Waals surface area contributed by atoms with Gasteiger partial charge in [-0.1, -0.05) is 26.0 Å². The van der Waals surface area contributed by atoms with Crippen molar-refractivity contribution in [1.82, 2.24) is 4.90 Å². The van der Waals surface area contributed by atoms with Crippen LogP contribution in [0.4, 0.5) is 0 Å². The van der Waals surface area contributed by atoms with Gasteiger partial charge in [0.15, 0.2) is 5.43 Å². The first-order chi connectivity index (χ1) is 10.2. The standard InChI is InChI=1S/C16H19NO4/c1-3-17(4-2)9-10-20-16(19)15-11-13(18)12-7-5-6-8-14(12)21-15/h5-8,11H,3-4,9-10H2,1-2H3. The van der Waals surface area contributed by atoms with Crippen LogP contribution in [0, 0.1) is 0 Å². The number of para-hydroxylation sites is 1. The lowest BCUT2D eigenvalue weighted by atomic mass is 10.2. The van der Waals surface area contributed by atoms with Crippen LogP contribution in [0.2, 0.25) is 0 Å². The number of benzene rings is 1. The summed E-state index contributed by atoms with van der Waals surface area (Å²) in [5.41, 5.74) is 0.147. The minimum absolute atomic E-state index is 0.0572. The molecule has 0 radical (unpaired) electrons. The van der Waals surface area contributed by atoms with Crippen LogP contribution in [-0.4, -0.2) is 37.1 Å². The van der Waals surface area contributed by atoms with Gasteiger partial charge in [0.2, 0.25) is 5.76 Å². The van der Waals surface area contributed by atoms with Crippen LogP contribution in [0.15, 0.2) is 39.5 Å². The van der Waals surface area contributed by atoms with Crippen LogP contribution in [0.5, 0.6) is 0 Å². The van der Waals surface area contributed by atoms with Crippen molar-refractivity contribution in [2.75, 3.05) is 26.2 Å². The molecule has 0 bridgehead atoms. The minimum Gasteiger partial charge on any atom is -0.458 e. The minimum atomic E-state index is -0.606. The first-order valence-corrected chi connectivity index (χ1v) is 7.08. The van der Waals surface area contributed by atoms with Crippen LogP contribution in [0.25, 0.3) is 11.0 Å². The largest absolute Gasteiger partial charge is 0.458 e. The maximum absolute atomic E-state index is 11.9. The summed E-state index contributed by atoms with van der Waals surface area (Å²) in [6, 6.07) is 8.00. The number of likely N-dealkylation sites (N-methyl/N-ethyl adjacent to an activating group) is 1. The summed E-state index contributed by atoms with van der Waals surface area (Å²) in [5, 5.41) is 0.456. The van der Waals surface area contributed by atoms with Gasteiger partial charge in [0, 0.05) is 12.6 Å². The van der Waals surface area contributed by atoms with Gasteiger partial charge >= 0.3 is 5.97 Å². The van der Waals surface area contributed by atoms with E-state index in [9.17, 15) is 9.59 Å². The molecule has 0 saturated carbocycles. The molecule has 0 N–H and O–H groups in total. The van der Waals surface area contributed by atoms with Gasteiger partial charge in [-0.05, 0) is 25.2 Å². The molecule has 0 aliphatic heterocycles. The van der Waals surface area contributed by atoms with Crippen LogP contribution in [-0.2, 0) is 4.74 Å². The summed E-state index contributed by atoms with van der Waals surface area (Å²) in [6.07, 6.45) is 0. The molecule has 2 rings (SSSR count). The van der Waals surface area contributed by atoms with E-state index in [1.54, 1.807) is 24.3 Å². The molecule has 5 nitrogen and oxygen atoms in total. The summed E-state index contributed by atoms with van der Waals surface area (Å²) in [6.45, 7) is 6.84. The van der Waals surface area contributed by atoms with Gasteiger partial charge in [-0.15, -0.1) is 0 Å². The Morgan fingerprint density at radius 3 is 2.67 bits per heavy atom. The number of rotatable bonds is 6. The molecule has 0 unspecified atom stereocenters. The molecule has 21 heavy (non-hydrogen) atoms. The summed E-state index contributed by atoms with van der Waals surface area (Å²) >= 11 is 0. The van der Waals surface area contributed by atoms with E-state index in [4.69, 9.17) is 9.15 Å². The van der Waals surface area contributed by atoms with Crippen molar-refractivity contribution >= 4 is 16.9 Å². The zero-order chi connectivity index (χ0) is 15.2. The highest BCUT2D eigenvalue weighted by Crippen LogP contribution is 2.12. The van der Waals surface area contributed by atoms with E-state index < -0.39 is 5.97 Å². The van der Waals surface area contributed by atoms with Gasteiger partial charge in [-0.25, -0.2) is 4.79 Å². The fourth-order valence-corrected chi connectivity index (χ4v) is 2.08. The second-order valence-electron chi connectivity index (χ2n) is 4.63. The Labute approximate surface area is 123 Å². The predicted molar refractivity (Wildman–Crippen MR) is 80.6 cm³/mol. The Morgan fingerprint density at radius 2 is 1.95 bits per heavy atom. The van der Waals surface area contributed by atoms with E-state index >= 15 is 0 Å². The van der Waals surface area contributed by atoms with Gasteiger partial charge in [0.05, 0.1) is 5.39 Å². The van der Waals surface area contributed by atoms with Gasteiger partial charge in [0.25, 0.3) is 0 Å². The fraction of sp³-hybridized carbons (Fsp3) is 0.375. The topological polar surface area (TPSA) is 59.8 Å². The van der Waals surface area contributed by atoms with Gasteiger partial charge in [-0.2, -0.15) is 0 Å². The number of hydrogen-bond donors (Lipinski definition) is 0. The van der Waals surface area contributed by atoms with Crippen molar-refractivity contribution in [3.63, 3.8) is 0 Å². The lowest BCUT2D eigenvalue weighted by Gasteiger charge is -2.17. The van der Waals surface area contributed by atoms with E-state index in [0.717, 1.165) is 13.1 Å². The third-order valence-corrected chi connectivity index (χ3v) is 3.37. The van der Waals surface area contributed by atoms with Crippen LogP contribution in [0.1, 0.15) is 24.4 Å². The lowest BCUT2D eigenvalue weighted by molar-refractivity contribution is 0.0431. The second-order valence-corrected chi connectivity index (χ2v) is 4.63. The van der Waals surface area contributed by atoms with Crippen molar-refractivity contribution in [1.29, 1.82) is 0 Å². The molecule has 1 aromatic carbocycles. The molecule has 0 aliphatic rings. The average molecular weight is 289 g/mol. The summed E-state index contributed by atoms with van der Waals surface area (Å²) in [7, 11) is 0. The first kappa shape index (κ1) is 15.3. The first-order valence-electron chi connectivity index (χ1n) is 7.08. The molecule has 0 spiro atoms. The molecule has 2 aromatic rings. The van der Waals surface area contributed by atoms with Crippen LogP contribution >= 0.6 is 0 Å². The molecule has 0 atom stereocenters. The fourth-order valence-electron chi connectivity index (χ4n) is 2.08. The van der Waals surface area contributed by atoms with Gasteiger partial charge in [0.1, 0.15) is 12.2 Å². The van der Waals surface area contributed by atoms with Crippen molar-refractivity contribution in [3.8, 4) is 0 Å². The lowest BCUT2D eigenvalue weighted by Crippen LogP contribution is -2.28. The average Bonchev–Trinajstić information content (AvgIpc) is 2.51. The van der Waals surface area contributed by atoms with Crippen molar-refractivity contribution < 1.29 is 13.9 Å². The molecule has 5 heteroatoms. The van der Waals surface area contributed by atoms with Gasteiger partial charge < -0.3 is 14.1 Å². The highest BCUT2D eigenvalue weighted by atomic mass is 16.5. The number of ether oxygens (including phenoxy) is 1. The molecule has 1 heterocycles. The van der Waals surface area contributed by atoms with E-state index in [1.165, 1.54) is 6.07 Å². The summed E-state index contributed by atoms with van der Waals surface area (Å²) in [5.74, 6) is -0.664. The highest BCUT2D eigenvalue weighted by molar-refractivity contribution is 5.88. The van der Waals surface area contributed by atoms with Crippen molar-refractivity contribution in [2.24, 2.45) is 0 Å².